The van der Waals surface area contributed by atoms with Crippen LogP contribution in [0, 0.1) is 0 Å². The second-order valence-corrected chi connectivity index (χ2v) is 3.51. The van der Waals surface area contributed by atoms with Crippen LogP contribution in [0.5, 0.6) is 0 Å². The van der Waals surface area contributed by atoms with Crippen molar-refractivity contribution < 1.29 is 4.79 Å². The fraction of sp³-hybridized carbons (Fsp3) is 0.300. The van der Waals surface area contributed by atoms with E-state index in [1.165, 1.54) is 0 Å². The molecular formula is C10H12N4O. The molecule has 2 heterocycles. The van der Waals surface area contributed by atoms with Gasteiger partial charge in [0.2, 0.25) is 0 Å². The van der Waals surface area contributed by atoms with Gasteiger partial charge in [-0.25, -0.2) is 4.98 Å². The number of carbonyl (C=O) groups is 1. The molecule has 0 aliphatic carbocycles. The monoisotopic (exact) mass is 204 g/mol. The van der Waals surface area contributed by atoms with Crippen molar-refractivity contribution in [3.8, 4) is 0 Å². The van der Waals surface area contributed by atoms with Gasteiger partial charge >= 0.3 is 0 Å². The van der Waals surface area contributed by atoms with E-state index in [4.69, 9.17) is 0 Å². The van der Waals surface area contributed by atoms with Gasteiger partial charge in [-0.05, 0) is 6.07 Å². The van der Waals surface area contributed by atoms with E-state index >= 15 is 0 Å². The smallest absolute Gasteiger partial charge is 0.188 e. The van der Waals surface area contributed by atoms with Gasteiger partial charge in [-0.15, -0.1) is 0 Å². The minimum atomic E-state index is -0.00528. The number of nitrogens with zero attached hydrogens (tertiary/aromatic N) is 4. The van der Waals surface area contributed by atoms with E-state index in [0.717, 1.165) is 5.69 Å². The Morgan fingerprint density at radius 3 is 2.80 bits per heavy atom. The second kappa shape index (κ2) is 3.68. The molecule has 0 aliphatic rings. The lowest BCUT2D eigenvalue weighted by Crippen LogP contribution is -2.05. The number of aromatic nitrogens is 4. The van der Waals surface area contributed by atoms with Crippen LogP contribution in [0.1, 0.15) is 16.2 Å². The summed E-state index contributed by atoms with van der Waals surface area (Å²) in [6.45, 7) is 0. The number of rotatable bonds is 3. The summed E-state index contributed by atoms with van der Waals surface area (Å²) in [6, 6.07) is 1.83. The van der Waals surface area contributed by atoms with E-state index in [0.29, 0.717) is 12.1 Å². The second-order valence-electron chi connectivity index (χ2n) is 3.51. The molecule has 0 amide bonds. The summed E-state index contributed by atoms with van der Waals surface area (Å²) < 4.78 is 3.44. The number of imidazole rings is 1. The summed E-state index contributed by atoms with van der Waals surface area (Å²) >= 11 is 0. The first kappa shape index (κ1) is 9.64. The fourth-order valence-electron chi connectivity index (χ4n) is 1.37. The van der Waals surface area contributed by atoms with Gasteiger partial charge in [0.05, 0.1) is 18.4 Å². The van der Waals surface area contributed by atoms with Crippen molar-refractivity contribution >= 4 is 5.78 Å². The van der Waals surface area contributed by atoms with Gasteiger partial charge in [0.25, 0.3) is 0 Å². The highest BCUT2D eigenvalue weighted by molar-refractivity contribution is 5.95. The van der Waals surface area contributed by atoms with E-state index in [1.54, 1.807) is 21.8 Å². The third-order valence-electron chi connectivity index (χ3n) is 2.10. The SMILES string of the molecule is Cn1cnc(C(=O)Cc2ccn(C)n2)c1. The summed E-state index contributed by atoms with van der Waals surface area (Å²) in [5.41, 5.74) is 1.26. The van der Waals surface area contributed by atoms with E-state index < -0.39 is 0 Å². The first-order chi connectivity index (χ1) is 7.15. The van der Waals surface area contributed by atoms with Crippen molar-refractivity contribution in [3.63, 3.8) is 0 Å². The van der Waals surface area contributed by atoms with Crippen LogP contribution in [0.25, 0.3) is 0 Å². The number of ketones is 1. The summed E-state index contributed by atoms with van der Waals surface area (Å²) in [6.07, 6.45) is 5.45. The van der Waals surface area contributed by atoms with E-state index in [9.17, 15) is 4.79 Å². The minimum absolute atomic E-state index is 0.00528. The van der Waals surface area contributed by atoms with Crippen molar-refractivity contribution in [2.45, 2.75) is 6.42 Å². The Kier molecular flexibility index (Phi) is 2.37. The van der Waals surface area contributed by atoms with Crippen molar-refractivity contribution in [2.75, 3.05) is 0 Å². The maximum absolute atomic E-state index is 11.7. The Morgan fingerprint density at radius 1 is 1.47 bits per heavy atom. The summed E-state index contributed by atoms with van der Waals surface area (Å²) in [5.74, 6) is -0.00528. The number of hydrogen-bond donors (Lipinski definition) is 0. The van der Waals surface area contributed by atoms with Crippen LogP contribution in [0.4, 0.5) is 0 Å². The highest BCUT2D eigenvalue weighted by atomic mass is 16.1. The van der Waals surface area contributed by atoms with Crippen LogP contribution in [-0.4, -0.2) is 25.1 Å². The maximum Gasteiger partial charge on any atom is 0.188 e. The molecule has 2 aromatic rings. The number of hydrogen-bond acceptors (Lipinski definition) is 3. The van der Waals surface area contributed by atoms with Crippen molar-refractivity contribution in [3.05, 3.63) is 36.2 Å². The molecule has 0 saturated carbocycles. The Bertz CT molecular complexity index is 483. The molecule has 2 aromatic heterocycles. The van der Waals surface area contributed by atoms with Crippen molar-refractivity contribution in [2.24, 2.45) is 14.1 Å². The molecule has 0 bridgehead atoms. The molecule has 0 aliphatic heterocycles. The van der Waals surface area contributed by atoms with Gasteiger partial charge in [0.15, 0.2) is 5.78 Å². The molecule has 15 heavy (non-hydrogen) atoms. The standard InChI is InChI=1S/C10H12N4O/c1-13-6-9(11-7-13)10(15)5-8-3-4-14(2)12-8/h3-4,6-7H,5H2,1-2H3. The van der Waals surface area contributed by atoms with Gasteiger partial charge in [-0.1, -0.05) is 0 Å². The van der Waals surface area contributed by atoms with Crippen LogP contribution < -0.4 is 0 Å². The number of carbonyl (C=O) groups excluding carboxylic acids is 1. The van der Waals surface area contributed by atoms with Gasteiger partial charge in [-0.3, -0.25) is 9.48 Å². The summed E-state index contributed by atoms with van der Waals surface area (Å²) in [5, 5.41) is 4.14. The average molecular weight is 204 g/mol. The summed E-state index contributed by atoms with van der Waals surface area (Å²) in [7, 11) is 3.67. The van der Waals surface area contributed by atoms with Crippen LogP contribution in [0.2, 0.25) is 0 Å². The molecule has 5 heteroatoms. The normalized spacial score (nSPS) is 10.5. The van der Waals surface area contributed by atoms with Crippen molar-refractivity contribution in [1.82, 2.24) is 19.3 Å². The molecule has 0 radical (unpaired) electrons. The Balaban J connectivity index is 2.10. The van der Waals surface area contributed by atoms with Crippen molar-refractivity contribution in [1.29, 1.82) is 0 Å². The zero-order valence-corrected chi connectivity index (χ0v) is 8.71. The average Bonchev–Trinajstić information content (AvgIpc) is 2.75. The van der Waals surface area contributed by atoms with E-state index in [2.05, 4.69) is 10.1 Å². The predicted molar refractivity (Wildman–Crippen MR) is 54.5 cm³/mol. The molecule has 2 rings (SSSR count). The Hall–Kier alpha value is -1.91. The molecular weight excluding hydrogens is 192 g/mol. The molecule has 0 unspecified atom stereocenters. The summed E-state index contributed by atoms with van der Waals surface area (Å²) in [4.78, 5) is 15.7. The lowest BCUT2D eigenvalue weighted by Gasteiger charge is -1.93. The predicted octanol–water partition coefficient (Wildman–Crippen LogP) is 0.579. The van der Waals surface area contributed by atoms with Gasteiger partial charge in [0.1, 0.15) is 5.69 Å². The molecule has 0 N–H and O–H groups in total. The molecule has 0 saturated heterocycles. The third-order valence-corrected chi connectivity index (χ3v) is 2.10. The molecule has 0 spiro atoms. The zero-order chi connectivity index (χ0) is 10.8. The fourth-order valence-corrected chi connectivity index (χ4v) is 1.37. The molecule has 0 fully saturated rings. The lowest BCUT2D eigenvalue weighted by molar-refractivity contribution is 0.0987. The van der Waals surface area contributed by atoms with E-state index in [-0.39, 0.29) is 5.78 Å². The van der Waals surface area contributed by atoms with E-state index in [1.807, 2.05) is 26.4 Å². The zero-order valence-electron chi connectivity index (χ0n) is 8.71. The van der Waals surface area contributed by atoms with Crippen LogP contribution >= 0.6 is 0 Å². The van der Waals surface area contributed by atoms with Crippen LogP contribution in [0.3, 0.4) is 0 Å². The third kappa shape index (κ3) is 2.12. The maximum atomic E-state index is 11.7. The highest BCUT2D eigenvalue weighted by Crippen LogP contribution is 2.03. The quantitative estimate of drug-likeness (QED) is 0.687. The van der Waals surface area contributed by atoms with Crippen LogP contribution in [0.15, 0.2) is 24.8 Å². The largest absolute Gasteiger partial charge is 0.340 e. The number of Topliss-reactive ketones (excluding diaryl/α,β-unsaturated/α-hetero) is 1. The first-order valence-electron chi connectivity index (χ1n) is 4.65. The minimum Gasteiger partial charge on any atom is -0.340 e. The van der Waals surface area contributed by atoms with Gasteiger partial charge < -0.3 is 4.57 Å². The molecule has 78 valence electrons. The number of aryl methyl sites for hydroxylation is 2. The topological polar surface area (TPSA) is 52.7 Å². The van der Waals surface area contributed by atoms with Gasteiger partial charge in [-0.2, -0.15) is 5.10 Å². The lowest BCUT2D eigenvalue weighted by atomic mass is 10.2. The van der Waals surface area contributed by atoms with Gasteiger partial charge in [0, 0.05) is 26.5 Å². The molecule has 5 nitrogen and oxygen atoms in total. The molecule has 0 atom stereocenters. The Morgan fingerprint density at radius 2 is 2.27 bits per heavy atom. The van der Waals surface area contributed by atoms with Crippen LogP contribution in [-0.2, 0) is 20.5 Å². The first-order valence-corrected chi connectivity index (χ1v) is 4.65. The Labute approximate surface area is 87.4 Å². The molecule has 0 aromatic carbocycles. The highest BCUT2D eigenvalue weighted by Gasteiger charge is 2.10.